The Bertz CT molecular complexity index is 937. The number of nitrogens with one attached hydrogen (secondary N) is 3. The molecule has 2 aromatic rings. The third-order valence-electron chi connectivity index (χ3n) is 3.10. The van der Waals surface area contributed by atoms with Crippen molar-refractivity contribution < 1.29 is 21.6 Å². The Balaban J connectivity index is 1.89. The summed E-state index contributed by atoms with van der Waals surface area (Å²) in [6.07, 6.45) is 0.505. The highest BCUT2D eigenvalue weighted by Gasteiger charge is 2.16. The SMILES string of the molecule is CCCS(=O)(=O)Nc1ccc(NC(=O)CNS(=O)(=O)c2cccs2)cc1. The van der Waals surface area contributed by atoms with Gasteiger partial charge in [-0.3, -0.25) is 9.52 Å². The maximum Gasteiger partial charge on any atom is 0.250 e. The minimum absolute atomic E-state index is 0.0237. The van der Waals surface area contributed by atoms with E-state index < -0.39 is 32.5 Å². The van der Waals surface area contributed by atoms with E-state index in [1.807, 2.05) is 0 Å². The number of benzene rings is 1. The summed E-state index contributed by atoms with van der Waals surface area (Å²) < 4.78 is 52.0. The highest BCUT2D eigenvalue weighted by Crippen LogP contribution is 2.16. The van der Waals surface area contributed by atoms with Crippen LogP contribution in [-0.2, 0) is 24.8 Å². The largest absolute Gasteiger partial charge is 0.325 e. The van der Waals surface area contributed by atoms with Gasteiger partial charge in [-0.05, 0) is 42.1 Å². The van der Waals surface area contributed by atoms with Crippen LogP contribution in [0.2, 0.25) is 0 Å². The first-order valence-corrected chi connectivity index (χ1v) is 11.7. The summed E-state index contributed by atoms with van der Waals surface area (Å²) >= 11 is 1.06. The zero-order valence-corrected chi connectivity index (χ0v) is 16.4. The van der Waals surface area contributed by atoms with Gasteiger partial charge in [0.1, 0.15) is 4.21 Å². The molecule has 0 aliphatic heterocycles. The van der Waals surface area contributed by atoms with Gasteiger partial charge in [-0.15, -0.1) is 11.3 Å². The van der Waals surface area contributed by atoms with E-state index in [0.717, 1.165) is 11.3 Å². The van der Waals surface area contributed by atoms with Gasteiger partial charge in [0.05, 0.1) is 12.3 Å². The molecule has 1 amide bonds. The number of anilines is 2. The predicted octanol–water partition coefficient (Wildman–Crippen LogP) is 1.82. The number of amides is 1. The Morgan fingerprint density at radius 1 is 1.04 bits per heavy atom. The molecule has 1 heterocycles. The lowest BCUT2D eigenvalue weighted by molar-refractivity contribution is -0.115. The monoisotopic (exact) mass is 417 g/mol. The van der Waals surface area contributed by atoms with Crippen LogP contribution >= 0.6 is 11.3 Å². The van der Waals surface area contributed by atoms with Crippen LogP contribution in [0.3, 0.4) is 0 Å². The second-order valence-corrected chi connectivity index (χ2v) is 10.1. The Morgan fingerprint density at radius 3 is 2.27 bits per heavy atom. The van der Waals surface area contributed by atoms with Crippen molar-refractivity contribution in [3.63, 3.8) is 0 Å². The second-order valence-electron chi connectivity index (χ2n) is 5.30. The number of rotatable bonds is 9. The normalized spacial score (nSPS) is 11.9. The van der Waals surface area contributed by atoms with Gasteiger partial charge in [0.2, 0.25) is 15.9 Å². The first-order valence-electron chi connectivity index (χ1n) is 7.65. The fourth-order valence-corrected chi connectivity index (χ4v) is 5.13. The van der Waals surface area contributed by atoms with Crippen molar-refractivity contribution >= 4 is 48.7 Å². The minimum atomic E-state index is -3.71. The average Bonchev–Trinajstić information content (AvgIpc) is 3.10. The van der Waals surface area contributed by atoms with Gasteiger partial charge in [0, 0.05) is 11.4 Å². The number of hydrogen-bond donors (Lipinski definition) is 3. The molecule has 0 fully saturated rings. The molecule has 0 atom stereocenters. The zero-order chi connectivity index (χ0) is 19.2. The summed E-state index contributed by atoms with van der Waals surface area (Å²) in [5.41, 5.74) is 0.804. The summed E-state index contributed by atoms with van der Waals surface area (Å²) in [6.45, 7) is 1.36. The number of carbonyl (C=O) groups is 1. The number of hydrogen-bond acceptors (Lipinski definition) is 6. The number of carbonyl (C=O) groups excluding carboxylic acids is 1. The molecule has 1 aromatic heterocycles. The molecule has 0 saturated carbocycles. The van der Waals surface area contributed by atoms with Crippen molar-refractivity contribution in [1.82, 2.24) is 4.72 Å². The van der Waals surface area contributed by atoms with Crippen LogP contribution in [0.1, 0.15) is 13.3 Å². The van der Waals surface area contributed by atoms with Gasteiger partial charge in [-0.1, -0.05) is 13.0 Å². The van der Waals surface area contributed by atoms with Gasteiger partial charge in [-0.2, -0.15) is 0 Å². The van der Waals surface area contributed by atoms with Crippen LogP contribution in [0.4, 0.5) is 11.4 Å². The quantitative estimate of drug-likeness (QED) is 0.574. The number of thiophene rings is 1. The van der Waals surface area contributed by atoms with E-state index in [1.165, 1.54) is 30.3 Å². The molecule has 0 saturated heterocycles. The molecule has 8 nitrogen and oxygen atoms in total. The molecular weight excluding hydrogens is 398 g/mol. The Labute approximate surface area is 156 Å². The summed E-state index contributed by atoms with van der Waals surface area (Å²) in [5, 5.41) is 4.17. The predicted molar refractivity (Wildman–Crippen MR) is 102 cm³/mol. The standard InChI is InChI=1S/C15H19N3O5S3/c1-2-10-25(20,21)18-13-7-5-12(6-8-13)17-14(19)11-16-26(22,23)15-4-3-9-24-15/h3-9,16,18H,2,10-11H2,1H3,(H,17,19). The Hall–Kier alpha value is -1.95. The van der Waals surface area contributed by atoms with Gasteiger partial charge in [0.15, 0.2) is 0 Å². The van der Waals surface area contributed by atoms with Crippen molar-refractivity contribution in [2.75, 3.05) is 22.3 Å². The summed E-state index contributed by atoms with van der Waals surface area (Å²) in [4.78, 5) is 11.9. The fraction of sp³-hybridized carbons (Fsp3) is 0.267. The van der Waals surface area contributed by atoms with Crippen LogP contribution < -0.4 is 14.8 Å². The summed E-state index contributed by atoms with van der Waals surface area (Å²) in [6, 6.07) is 9.13. The molecule has 142 valence electrons. The molecule has 11 heteroatoms. The van der Waals surface area contributed by atoms with Crippen molar-refractivity contribution in [3.8, 4) is 0 Å². The van der Waals surface area contributed by atoms with Crippen LogP contribution in [-0.4, -0.2) is 35.0 Å². The highest BCUT2D eigenvalue weighted by molar-refractivity contribution is 7.92. The van der Waals surface area contributed by atoms with E-state index in [2.05, 4.69) is 14.8 Å². The van der Waals surface area contributed by atoms with E-state index >= 15 is 0 Å². The van der Waals surface area contributed by atoms with Crippen molar-refractivity contribution in [2.24, 2.45) is 0 Å². The zero-order valence-electron chi connectivity index (χ0n) is 13.9. The third-order valence-corrected chi connectivity index (χ3v) is 7.39. The highest BCUT2D eigenvalue weighted by atomic mass is 32.2. The van der Waals surface area contributed by atoms with E-state index in [4.69, 9.17) is 0 Å². The fourth-order valence-electron chi connectivity index (χ4n) is 1.97. The maximum absolute atomic E-state index is 11.9. The van der Waals surface area contributed by atoms with Gasteiger partial charge >= 0.3 is 0 Å². The molecule has 1 aromatic carbocycles. The average molecular weight is 418 g/mol. The van der Waals surface area contributed by atoms with E-state index in [0.29, 0.717) is 17.8 Å². The molecule has 0 spiro atoms. The van der Waals surface area contributed by atoms with Crippen molar-refractivity contribution in [1.29, 1.82) is 0 Å². The van der Waals surface area contributed by atoms with Crippen LogP contribution in [0.25, 0.3) is 0 Å². The molecular formula is C15H19N3O5S3. The summed E-state index contributed by atoms with van der Waals surface area (Å²) in [7, 11) is -7.09. The molecule has 0 bridgehead atoms. The van der Waals surface area contributed by atoms with Gasteiger partial charge < -0.3 is 5.32 Å². The lowest BCUT2D eigenvalue weighted by Crippen LogP contribution is -2.32. The molecule has 3 N–H and O–H groups in total. The molecule has 0 radical (unpaired) electrons. The molecule has 0 aliphatic rings. The van der Waals surface area contributed by atoms with Crippen LogP contribution in [0, 0.1) is 0 Å². The van der Waals surface area contributed by atoms with Crippen LogP contribution in [0.15, 0.2) is 46.0 Å². The first kappa shape index (κ1) is 20.4. The second kappa shape index (κ2) is 8.62. The minimum Gasteiger partial charge on any atom is -0.325 e. The van der Waals surface area contributed by atoms with Gasteiger partial charge in [-0.25, -0.2) is 21.6 Å². The molecule has 26 heavy (non-hydrogen) atoms. The molecule has 0 unspecified atom stereocenters. The van der Waals surface area contributed by atoms with Crippen molar-refractivity contribution in [2.45, 2.75) is 17.6 Å². The van der Waals surface area contributed by atoms with Crippen molar-refractivity contribution in [3.05, 3.63) is 41.8 Å². The first-order chi connectivity index (χ1) is 12.2. The Morgan fingerprint density at radius 2 is 1.69 bits per heavy atom. The topological polar surface area (TPSA) is 121 Å². The lowest BCUT2D eigenvalue weighted by Gasteiger charge is -2.09. The Kier molecular flexibility index (Phi) is 6.75. The summed E-state index contributed by atoms with van der Waals surface area (Å²) in [5.74, 6) is -0.514. The van der Waals surface area contributed by atoms with Crippen LogP contribution in [0.5, 0.6) is 0 Å². The van der Waals surface area contributed by atoms with E-state index in [-0.39, 0.29) is 9.96 Å². The number of sulfonamides is 2. The maximum atomic E-state index is 11.9. The van der Waals surface area contributed by atoms with Gasteiger partial charge in [0.25, 0.3) is 10.0 Å². The lowest BCUT2D eigenvalue weighted by atomic mass is 10.3. The third kappa shape index (κ3) is 6.09. The van der Waals surface area contributed by atoms with E-state index in [9.17, 15) is 21.6 Å². The molecule has 2 rings (SSSR count). The molecule has 0 aliphatic carbocycles. The van der Waals surface area contributed by atoms with E-state index in [1.54, 1.807) is 18.4 Å². The smallest absolute Gasteiger partial charge is 0.250 e.